The van der Waals surface area contributed by atoms with E-state index in [2.05, 4.69) is 0 Å². The standard InChI is InChI=1S/C34H30F6N2O/c35-33(36,37)28-20-27(21-29(22-28)34(38,39)40)32(26-14-8-3-9-15-26)42-18-16-41(17-19-42)31(43)23-30(24-10-4-1-5-11-24)25-12-6-2-7-13-25/h1-15,20-22,30,32H,16-19,23H2. The molecule has 1 unspecified atom stereocenters. The molecule has 9 heteroatoms. The number of piperazine rings is 1. The molecule has 1 saturated heterocycles. The Balaban J connectivity index is 1.39. The van der Waals surface area contributed by atoms with Crippen LogP contribution in [0, 0.1) is 0 Å². The molecule has 1 aliphatic heterocycles. The highest BCUT2D eigenvalue weighted by Crippen LogP contribution is 2.40. The van der Waals surface area contributed by atoms with E-state index in [1.54, 1.807) is 35.2 Å². The van der Waals surface area contributed by atoms with Gasteiger partial charge in [-0.1, -0.05) is 91.0 Å². The summed E-state index contributed by atoms with van der Waals surface area (Å²) in [5, 5.41) is 0. The van der Waals surface area contributed by atoms with Crippen molar-refractivity contribution in [3.05, 3.63) is 143 Å². The summed E-state index contributed by atoms with van der Waals surface area (Å²) < 4.78 is 82.3. The van der Waals surface area contributed by atoms with Crippen LogP contribution >= 0.6 is 0 Å². The fourth-order valence-electron chi connectivity index (χ4n) is 5.72. The Morgan fingerprint density at radius 2 is 1.00 bits per heavy atom. The molecule has 0 saturated carbocycles. The number of amides is 1. The van der Waals surface area contributed by atoms with Crippen molar-refractivity contribution in [1.82, 2.24) is 9.80 Å². The fraction of sp³-hybridized carbons (Fsp3) is 0.265. The van der Waals surface area contributed by atoms with E-state index in [0.717, 1.165) is 23.3 Å². The maximum atomic E-state index is 13.7. The average Bonchev–Trinajstić information content (AvgIpc) is 3.01. The second kappa shape index (κ2) is 12.6. The van der Waals surface area contributed by atoms with E-state index in [1.165, 1.54) is 0 Å². The van der Waals surface area contributed by atoms with Gasteiger partial charge in [0.1, 0.15) is 0 Å². The number of alkyl halides is 6. The number of hydrogen-bond donors (Lipinski definition) is 0. The van der Waals surface area contributed by atoms with Crippen LogP contribution in [0.15, 0.2) is 109 Å². The van der Waals surface area contributed by atoms with E-state index < -0.39 is 29.5 Å². The lowest BCUT2D eigenvalue weighted by Crippen LogP contribution is -2.50. The van der Waals surface area contributed by atoms with Crippen LogP contribution in [-0.2, 0) is 17.1 Å². The van der Waals surface area contributed by atoms with Crippen molar-refractivity contribution < 1.29 is 31.1 Å². The van der Waals surface area contributed by atoms with Crippen LogP contribution in [0.1, 0.15) is 51.8 Å². The van der Waals surface area contributed by atoms with Crippen molar-refractivity contribution >= 4 is 5.91 Å². The highest BCUT2D eigenvalue weighted by Gasteiger charge is 2.39. The van der Waals surface area contributed by atoms with E-state index >= 15 is 0 Å². The van der Waals surface area contributed by atoms with Gasteiger partial charge in [0.25, 0.3) is 0 Å². The van der Waals surface area contributed by atoms with Gasteiger partial charge in [-0.2, -0.15) is 26.3 Å². The van der Waals surface area contributed by atoms with E-state index in [9.17, 15) is 31.1 Å². The predicted molar refractivity (Wildman–Crippen MR) is 152 cm³/mol. The Hall–Kier alpha value is -4.11. The fourth-order valence-corrected chi connectivity index (χ4v) is 5.72. The largest absolute Gasteiger partial charge is 0.416 e. The number of halogens is 6. The van der Waals surface area contributed by atoms with E-state index in [4.69, 9.17) is 0 Å². The van der Waals surface area contributed by atoms with Crippen LogP contribution < -0.4 is 0 Å². The van der Waals surface area contributed by atoms with Crippen molar-refractivity contribution in [2.24, 2.45) is 0 Å². The molecule has 3 nitrogen and oxygen atoms in total. The minimum absolute atomic E-state index is 0.0629. The number of hydrogen-bond acceptors (Lipinski definition) is 2. The van der Waals surface area contributed by atoms with Crippen LogP contribution in [0.25, 0.3) is 0 Å². The average molecular weight is 597 g/mol. The molecule has 4 aromatic carbocycles. The van der Waals surface area contributed by atoms with Crippen molar-refractivity contribution in [2.75, 3.05) is 26.2 Å². The summed E-state index contributed by atoms with van der Waals surface area (Å²) in [7, 11) is 0. The monoisotopic (exact) mass is 596 g/mol. The third-order valence-corrected chi connectivity index (χ3v) is 7.86. The molecule has 1 fully saturated rings. The molecule has 0 aliphatic carbocycles. The quantitative estimate of drug-likeness (QED) is 0.201. The molecule has 0 radical (unpaired) electrons. The molecule has 224 valence electrons. The van der Waals surface area contributed by atoms with Gasteiger partial charge in [-0.15, -0.1) is 0 Å². The molecule has 0 N–H and O–H groups in total. The van der Waals surface area contributed by atoms with Gasteiger partial charge < -0.3 is 4.90 Å². The minimum Gasteiger partial charge on any atom is -0.340 e. The minimum atomic E-state index is -4.95. The van der Waals surface area contributed by atoms with Gasteiger partial charge in [0.15, 0.2) is 0 Å². The van der Waals surface area contributed by atoms with Crippen molar-refractivity contribution in [1.29, 1.82) is 0 Å². The van der Waals surface area contributed by atoms with E-state index in [0.29, 0.717) is 18.7 Å². The highest BCUT2D eigenvalue weighted by molar-refractivity contribution is 5.78. The van der Waals surface area contributed by atoms with Gasteiger partial charge in [0, 0.05) is 38.5 Å². The first-order valence-corrected chi connectivity index (χ1v) is 14.0. The van der Waals surface area contributed by atoms with Gasteiger partial charge in [-0.05, 0) is 40.5 Å². The zero-order chi connectivity index (χ0) is 30.6. The van der Waals surface area contributed by atoms with Crippen molar-refractivity contribution in [2.45, 2.75) is 30.7 Å². The zero-order valence-electron chi connectivity index (χ0n) is 23.2. The van der Waals surface area contributed by atoms with Gasteiger partial charge >= 0.3 is 12.4 Å². The maximum Gasteiger partial charge on any atom is 0.416 e. The molecule has 1 heterocycles. The van der Waals surface area contributed by atoms with Crippen LogP contribution in [0.2, 0.25) is 0 Å². The third kappa shape index (κ3) is 7.28. The lowest BCUT2D eigenvalue weighted by atomic mass is 9.88. The topological polar surface area (TPSA) is 23.6 Å². The highest BCUT2D eigenvalue weighted by atomic mass is 19.4. The van der Waals surface area contributed by atoms with Crippen LogP contribution in [-0.4, -0.2) is 41.9 Å². The Kier molecular flexibility index (Phi) is 8.92. The molecule has 4 aromatic rings. The smallest absolute Gasteiger partial charge is 0.340 e. The van der Waals surface area contributed by atoms with E-state index in [-0.39, 0.29) is 43.0 Å². The normalized spacial score (nSPS) is 15.5. The summed E-state index contributed by atoms with van der Waals surface area (Å²) in [5.41, 5.74) is -0.200. The molecule has 1 atom stereocenters. The number of nitrogens with zero attached hydrogens (tertiary/aromatic N) is 2. The van der Waals surface area contributed by atoms with Crippen LogP contribution in [0.4, 0.5) is 26.3 Å². The summed E-state index contributed by atoms with van der Waals surface area (Å²) >= 11 is 0. The Morgan fingerprint density at radius 1 is 0.581 bits per heavy atom. The van der Waals surface area contributed by atoms with Gasteiger partial charge in [-0.25, -0.2) is 0 Å². The Labute approximate surface area is 246 Å². The number of rotatable bonds is 7. The number of carbonyl (C=O) groups is 1. The summed E-state index contributed by atoms with van der Waals surface area (Å²) in [6, 6.07) is 28.9. The molecule has 43 heavy (non-hydrogen) atoms. The molecular weight excluding hydrogens is 566 g/mol. The number of benzene rings is 4. The first-order valence-electron chi connectivity index (χ1n) is 14.0. The molecule has 0 bridgehead atoms. The predicted octanol–water partition coefficient (Wildman–Crippen LogP) is 8.18. The molecule has 0 spiro atoms. The van der Waals surface area contributed by atoms with Crippen molar-refractivity contribution in [3.63, 3.8) is 0 Å². The zero-order valence-corrected chi connectivity index (χ0v) is 23.2. The molecule has 5 rings (SSSR count). The first kappa shape index (κ1) is 30.4. The lowest BCUT2D eigenvalue weighted by Gasteiger charge is -2.40. The summed E-state index contributed by atoms with van der Waals surface area (Å²) in [5.74, 6) is -0.220. The third-order valence-electron chi connectivity index (χ3n) is 7.86. The summed E-state index contributed by atoms with van der Waals surface area (Å²) in [6.07, 6.45) is -9.66. The molecule has 1 aliphatic rings. The first-order chi connectivity index (χ1) is 20.5. The molecule has 0 aromatic heterocycles. The molecular formula is C34H30F6N2O. The second-order valence-electron chi connectivity index (χ2n) is 10.6. The Morgan fingerprint density at radius 3 is 1.42 bits per heavy atom. The van der Waals surface area contributed by atoms with Crippen molar-refractivity contribution in [3.8, 4) is 0 Å². The SMILES string of the molecule is O=C(CC(c1ccccc1)c1ccccc1)N1CCN(C(c2ccccc2)c2cc(C(F)(F)F)cc(C(F)(F)F)c2)CC1. The summed E-state index contributed by atoms with van der Waals surface area (Å²) in [6.45, 7) is 1.15. The van der Waals surface area contributed by atoms with Crippen LogP contribution in [0.5, 0.6) is 0 Å². The Bertz CT molecular complexity index is 1430. The van der Waals surface area contributed by atoms with Gasteiger partial charge in [0.2, 0.25) is 5.91 Å². The maximum absolute atomic E-state index is 13.7. The second-order valence-corrected chi connectivity index (χ2v) is 10.6. The lowest BCUT2D eigenvalue weighted by molar-refractivity contribution is -0.143. The van der Waals surface area contributed by atoms with Gasteiger partial charge in [-0.3, -0.25) is 9.69 Å². The van der Waals surface area contributed by atoms with Gasteiger partial charge in [0.05, 0.1) is 17.2 Å². The molecule has 1 amide bonds. The summed E-state index contributed by atoms with van der Waals surface area (Å²) in [4.78, 5) is 17.1. The van der Waals surface area contributed by atoms with E-state index in [1.807, 2.05) is 65.6 Å². The van der Waals surface area contributed by atoms with Crippen LogP contribution in [0.3, 0.4) is 0 Å². The number of carbonyl (C=O) groups excluding carboxylic acids is 1.